The van der Waals surface area contributed by atoms with Gasteiger partial charge in [-0.05, 0) is 24.8 Å². The fourth-order valence-corrected chi connectivity index (χ4v) is 3.08. The van der Waals surface area contributed by atoms with E-state index in [0.29, 0.717) is 6.42 Å². The molecule has 0 unspecified atom stereocenters. The van der Waals surface area contributed by atoms with Crippen molar-refractivity contribution in [1.29, 1.82) is 0 Å². The molecule has 0 aliphatic carbocycles. The zero-order chi connectivity index (χ0) is 16.9. The Morgan fingerprint density at radius 1 is 1.25 bits per heavy atom. The molecule has 0 N–H and O–H groups in total. The number of amides is 1. The molecular formula is C19H25N3O2. The van der Waals surface area contributed by atoms with Gasteiger partial charge in [0.15, 0.2) is 5.82 Å². The molecule has 5 nitrogen and oxygen atoms in total. The smallest absolute Gasteiger partial charge is 0.229 e. The minimum absolute atomic E-state index is 0.241. The average molecular weight is 327 g/mol. The molecule has 128 valence electrons. The summed E-state index contributed by atoms with van der Waals surface area (Å²) in [5.41, 5.74) is 1.22. The number of rotatable bonds is 5. The van der Waals surface area contributed by atoms with Crippen molar-refractivity contribution in [2.24, 2.45) is 0 Å². The molecular weight excluding hydrogens is 302 g/mol. The van der Waals surface area contributed by atoms with Gasteiger partial charge >= 0.3 is 0 Å². The summed E-state index contributed by atoms with van der Waals surface area (Å²) in [7, 11) is 0. The summed E-state index contributed by atoms with van der Waals surface area (Å²) in [4.78, 5) is 18.9. The molecule has 3 rings (SSSR count). The van der Waals surface area contributed by atoms with Gasteiger partial charge in [0.1, 0.15) is 0 Å². The zero-order valence-corrected chi connectivity index (χ0v) is 14.4. The first-order chi connectivity index (χ1) is 11.6. The number of likely N-dealkylation sites (tertiary alicyclic amines) is 1. The minimum atomic E-state index is 0.241. The highest BCUT2D eigenvalue weighted by Crippen LogP contribution is 2.28. The summed E-state index contributed by atoms with van der Waals surface area (Å²) in [6, 6.07) is 10.2. The zero-order valence-electron chi connectivity index (χ0n) is 14.4. The second kappa shape index (κ2) is 7.60. The summed E-state index contributed by atoms with van der Waals surface area (Å²) in [6.45, 7) is 5.67. The van der Waals surface area contributed by atoms with Crippen molar-refractivity contribution in [3.63, 3.8) is 0 Å². The van der Waals surface area contributed by atoms with Crippen LogP contribution < -0.4 is 0 Å². The Hall–Kier alpha value is -2.17. The Bertz CT molecular complexity index is 658. The molecule has 1 aliphatic rings. The second-order valence-corrected chi connectivity index (χ2v) is 6.79. The van der Waals surface area contributed by atoms with E-state index in [9.17, 15) is 4.79 Å². The second-order valence-electron chi connectivity index (χ2n) is 6.79. The first-order valence-electron chi connectivity index (χ1n) is 8.78. The van der Waals surface area contributed by atoms with Gasteiger partial charge in [0.2, 0.25) is 11.8 Å². The molecule has 1 aromatic carbocycles. The number of carbonyl (C=O) groups excluding carboxylic acids is 1. The SMILES string of the molecule is CC(C)c1noc(C2CCN(C(=O)CCc3ccccc3)CC2)n1. The van der Waals surface area contributed by atoms with Crippen molar-refractivity contribution in [3.8, 4) is 0 Å². The summed E-state index contributed by atoms with van der Waals surface area (Å²) in [5.74, 6) is 2.30. The molecule has 24 heavy (non-hydrogen) atoms. The molecule has 2 aromatic rings. The topological polar surface area (TPSA) is 59.2 Å². The van der Waals surface area contributed by atoms with Crippen molar-refractivity contribution in [1.82, 2.24) is 15.0 Å². The van der Waals surface area contributed by atoms with Crippen molar-refractivity contribution < 1.29 is 9.32 Å². The lowest BCUT2D eigenvalue weighted by atomic mass is 9.96. The van der Waals surface area contributed by atoms with Crippen LogP contribution in [-0.4, -0.2) is 34.0 Å². The standard InChI is InChI=1S/C19H25N3O2/c1-14(2)18-20-19(24-21-18)16-10-12-22(13-11-16)17(23)9-8-15-6-4-3-5-7-15/h3-7,14,16H,8-13H2,1-2H3. The Morgan fingerprint density at radius 2 is 1.96 bits per heavy atom. The summed E-state index contributed by atoms with van der Waals surface area (Å²) < 4.78 is 5.40. The van der Waals surface area contributed by atoms with E-state index in [-0.39, 0.29) is 17.7 Å². The maximum atomic E-state index is 12.4. The van der Waals surface area contributed by atoms with Crippen LogP contribution in [0.5, 0.6) is 0 Å². The molecule has 1 aliphatic heterocycles. The van der Waals surface area contributed by atoms with E-state index in [0.717, 1.165) is 44.1 Å². The number of carbonyl (C=O) groups is 1. The predicted octanol–water partition coefficient (Wildman–Crippen LogP) is 3.53. The van der Waals surface area contributed by atoms with Gasteiger partial charge in [-0.25, -0.2) is 0 Å². The fraction of sp³-hybridized carbons (Fsp3) is 0.526. The molecule has 5 heteroatoms. The molecule has 0 atom stereocenters. The Kier molecular flexibility index (Phi) is 5.28. The van der Waals surface area contributed by atoms with E-state index in [4.69, 9.17) is 4.52 Å². The molecule has 1 saturated heterocycles. The quantitative estimate of drug-likeness (QED) is 0.843. The van der Waals surface area contributed by atoms with Crippen LogP contribution in [0.2, 0.25) is 0 Å². The fourth-order valence-electron chi connectivity index (χ4n) is 3.08. The number of hydrogen-bond donors (Lipinski definition) is 0. The van der Waals surface area contributed by atoms with Gasteiger partial charge in [0.05, 0.1) is 0 Å². The van der Waals surface area contributed by atoms with Crippen LogP contribution >= 0.6 is 0 Å². The van der Waals surface area contributed by atoms with Crippen molar-refractivity contribution >= 4 is 5.91 Å². The largest absolute Gasteiger partial charge is 0.343 e. The number of hydrogen-bond acceptors (Lipinski definition) is 4. The molecule has 0 saturated carbocycles. The molecule has 1 amide bonds. The van der Waals surface area contributed by atoms with E-state index in [1.807, 2.05) is 23.1 Å². The Balaban J connectivity index is 1.48. The van der Waals surface area contributed by atoms with Gasteiger partial charge in [-0.3, -0.25) is 4.79 Å². The number of nitrogens with zero attached hydrogens (tertiary/aromatic N) is 3. The lowest BCUT2D eigenvalue weighted by Crippen LogP contribution is -2.38. The molecule has 0 radical (unpaired) electrons. The van der Waals surface area contributed by atoms with E-state index in [1.54, 1.807) is 0 Å². The van der Waals surface area contributed by atoms with Crippen LogP contribution in [0.3, 0.4) is 0 Å². The molecule has 1 aromatic heterocycles. The number of aromatic nitrogens is 2. The molecule has 1 fully saturated rings. The van der Waals surface area contributed by atoms with Crippen molar-refractivity contribution in [3.05, 3.63) is 47.6 Å². The van der Waals surface area contributed by atoms with Crippen LogP contribution in [0.1, 0.15) is 62.2 Å². The highest BCUT2D eigenvalue weighted by Gasteiger charge is 2.27. The Labute approximate surface area is 143 Å². The van der Waals surface area contributed by atoms with Gasteiger partial charge in [0.25, 0.3) is 0 Å². The highest BCUT2D eigenvalue weighted by molar-refractivity contribution is 5.76. The van der Waals surface area contributed by atoms with Gasteiger partial charge in [-0.2, -0.15) is 4.98 Å². The van der Waals surface area contributed by atoms with Crippen LogP contribution in [0, 0.1) is 0 Å². The average Bonchev–Trinajstić information content (AvgIpc) is 3.11. The lowest BCUT2D eigenvalue weighted by Gasteiger charge is -2.30. The predicted molar refractivity (Wildman–Crippen MR) is 91.7 cm³/mol. The van der Waals surface area contributed by atoms with Crippen LogP contribution in [-0.2, 0) is 11.2 Å². The number of piperidine rings is 1. The van der Waals surface area contributed by atoms with Gasteiger partial charge < -0.3 is 9.42 Å². The first-order valence-corrected chi connectivity index (χ1v) is 8.78. The van der Waals surface area contributed by atoms with Gasteiger partial charge in [-0.1, -0.05) is 49.3 Å². The maximum absolute atomic E-state index is 12.4. The Morgan fingerprint density at radius 3 is 2.58 bits per heavy atom. The van der Waals surface area contributed by atoms with Gasteiger partial charge in [0, 0.05) is 31.3 Å². The first kappa shape index (κ1) is 16.7. The minimum Gasteiger partial charge on any atom is -0.343 e. The van der Waals surface area contributed by atoms with E-state index in [1.165, 1.54) is 5.56 Å². The molecule has 0 bridgehead atoms. The van der Waals surface area contributed by atoms with E-state index in [2.05, 4.69) is 36.1 Å². The van der Waals surface area contributed by atoms with Crippen LogP contribution in [0.25, 0.3) is 0 Å². The van der Waals surface area contributed by atoms with Crippen LogP contribution in [0.4, 0.5) is 0 Å². The highest BCUT2D eigenvalue weighted by atomic mass is 16.5. The lowest BCUT2D eigenvalue weighted by molar-refractivity contribution is -0.132. The van der Waals surface area contributed by atoms with Crippen LogP contribution in [0.15, 0.2) is 34.9 Å². The summed E-state index contributed by atoms with van der Waals surface area (Å²) >= 11 is 0. The van der Waals surface area contributed by atoms with Crippen molar-refractivity contribution in [2.45, 2.75) is 51.4 Å². The van der Waals surface area contributed by atoms with E-state index >= 15 is 0 Å². The third-order valence-corrected chi connectivity index (χ3v) is 4.64. The third kappa shape index (κ3) is 4.02. The van der Waals surface area contributed by atoms with E-state index < -0.39 is 0 Å². The third-order valence-electron chi connectivity index (χ3n) is 4.64. The monoisotopic (exact) mass is 327 g/mol. The number of benzene rings is 1. The summed E-state index contributed by atoms with van der Waals surface area (Å²) in [6.07, 6.45) is 3.18. The van der Waals surface area contributed by atoms with Gasteiger partial charge in [-0.15, -0.1) is 0 Å². The number of aryl methyl sites for hydroxylation is 1. The molecule has 2 heterocycles. The maximum Gasteiger partial charge on any atom is 0.229 e. The normalized spacial score (nSPS) is 15.9. The molecule has 0 spiro atoms. The van der Waals surface area contributed by atoms with Crippen molar-refractivity contribution in [2.75, 3.05) is 13.1 Å². The summed E-state index contributed by atoms with van der Waals surface area (Å²) in [5, 5.41) is 4.04.